The number of hydrogen-bond acceptors (Lipinski definition) is 2. The fourth-order valence-electron chi connectivity index (χ4n) is 1.61. The summed E-state index contributed by atoms with van der Waals surface area (Å²) in [5.41, 5.74) is 0.852. The zero-order valence-corrected chi connectivity index (χ0v) is 13.4. The van der Waals surface area contributed by atoms with Crippen molar-refractivity contribution in [1.29, 1.82) is 0 Å². The van der Waals surface area contributed by atoms with Gasteiger partial charge in [0.25, 0.3) is 0 Å². The molecule has 19 heavy (non-hydrogen) atoms. The van der Waals surface area contributed by atoms with E-state index in [2.05, 4.69) is 24.4 Å². The van der Waals surface area contributed by atoms with E-state index in [0.717, 1.165) is 24.9 Å². The molecule has 0 radical (unpaired) electrons. The van der Waals surface area contributed by atoms with Crippen LogP contribution in [0.5, 0.6) is 0 Å². The Morgan fingerprint density at radius 1 is 1.26 bits per heavy atom. The van der Waals surface area contributed by atoms with Crippen molar-refractivity contribution < 1.29 is 4.79 Å². The Morgan fingerprint density at radius 3 is 2.79 bits per heavy atom. The summed E-state index contributed by atoms with van der Waals surface area (Å²) in [6, 6.07) is 12.3. The van der Waals surface area contributed by atoms with E-state index in [-0.39, 0.29) is 20.9 Å². The number of benzene rings is 1. The van der Waals surface area contributed by atoms with Crippen LogP contribution in [-0.2, 0) is 0 Å². The van der Waals surface area contributed by atoms with Gasteiger partial charge in [-0.15, -0.1) is 0 Å². The van der Waals surface area contributed by atoms with Crippen LogP contribution in [0.4, 0.5) is 0 Å². The van der Waals surface area contributed by atoms with Gasteiger partial charge in [-0.1, -0.05) is 0 Å². The first-order chi connectivity index (χ1) is 9.31. The second kappa shape index (κ2) is 7.49. The molecule has 0 saturated heterocycles. The molecule has 0 bridgehead atoms. The second-order valence-corrected chi connectivity index (χ2v) is 7.92. The van der Waals surface area contributed by atoms with E-state index in [0.29, 0.717) is 0 Å². The summed E-state index contributed by atoms with van der Waals surface area (Å²) in [5, 5.41) is 5.00. The molecular formula is C15H17NOSSe. The van der Waals surface area contributed by atoms with E-state index in [1.54, 1.807) is 11.3 Å². The molecule has 1 heterocycles. The van der Waals surface area contributed by atoms with Gasteiger partial charge in [-0.25, -0.2) is 0 Å². The third kappa shape index (κ3) is 4.20. The second-order valence-electron chi connectivity index (χ2n) is 4.15. The molecule has 100 valence electrons. The quantitative estimate of drug-likeness (QED) is 0.633. The number of thiophene rings is 1. The van der Waals surface area contributed by atoms with Crippen molar-refractivity contribution in [2.75, 3.05) is 6.54 Å². The molecule has 0 aliphatic rings. The zero-order chi connectivity index (χ0) is 13.5. The summed E-state index contributed by atoms with van der Waals surface area (Å²) >= 11 is 1.89. The van der Waals surface area contributed by atoms with Crippen LogP contribution < -0.4 is 13.6 Å². The van der Waals surface area contributed by atoms with E-state index >= 15 is 0 Å². The third-order valence-corrected chi connectivity index (χ3v) is 6.30. The predicted octanol–water partition coefficient (Wildman–Crippen LogP) is 1.93. The van der Waals surface area contributed by atoms with Gasteiger partial charge in [0.1, 0.15) is 0 Å². The molecule has 0 spiro atoms. The Balaban J connectivity index is 2.03. The maximum absolute atomic E-state index is 12.1. The number of nitrogens with one attached hydrogen (secondary N) is 1. The van der Waals surface area contributed by atoms with Crippen molar-refractivity contribution >= 4 is 40.4 Å². The van der Waals surface area contributed by atoms with Crippen LogP contribution in [0.15, 0.2) is 41.8 Å². The molecule has 0 saturated carbocycles. The van der Waals surface area contributed by atoms with Crippen molar-refractivity contribution in [3.8, 4) is 0 Å². The van der Waals surface area contributed by atoms with Crippen molar-refractivity contribution in [3.63, 3.8) is 0 Å². The Morgan fingerprint density at radius 2 is 2.05 bits per heavy atom. The first-order valence-electron chi connectivity index (χ1n) is 6.40. The van der Waals surface area contributed by atoms with Crippen molar-refractivity contribution in [3.05, 3.63) is 47.3 Å². The molecule has 0 unspecified atom stereocenters. The molecule has 0 atom stereocenters. The molecule has 1 aromatic carbocycles. The summed E-state index contributed by atoms with van der Waals surface area (Å²) in [6.07, 6.45) is 2.14. The molecule has 4 heteroatoms. The Kier molecular flexibility index (Phi) is 5.64. The maximum atomic E-state index is 12.1. The summed E-state index contributed by atoms with van der Waals surface area (Å²) in [5.74, 6) is 0.0718. The van der Waals surface area contributed by atoms with Crippen molar-refractivity contribution in [2.24, 2.45) is 0 Å². The number of carbonyl (C=O) groups excluding carboxylic acids is 1. The van der Waals surface area contributed by atoms with Gasteiger partial charge in [0.05, 0.1) is 0 Å². The first kappa shape index (κ1) is 14.3. The monoisotopic (exact) mass is 339 g/mol. The van der Waals surface area contributed by atoms with Gasteiger partial charge in [-0.05, 0) is 0 Å². The molecular weight excluding hydrogens is 321 g/mol. The SMILES string of the molecule is CCCCNC(=O)c1ccsc1[Se]c1ccccc1. The van der Waals surface area contributed by atoms with Crippen LogP contribution >= 0.6 is 11.3 Å². The van der Waals surface area contributed by atoms with Crippen LogP contribution in [0.1, 0.15) is 30.1 Å². The predicted molar refractivity (Wildman–Crippen MR) is 83.0 cm³/mol. The van der Waals surface area contributed by atoms with E-state index in [1.165, 1.54) is 8.24 Å². The summed E-state index contributed by atoms with van der Waals surface area (Å²) in [6.45, 7) is 2.89. The van der Waals surface area contributed by atoms with Gasteiger partial charge < -0.3 is 0 Å². The van der Waals surface area contributed by atoms with Crippen LogP contribution in [0.25, 0.3) is 0 Å². The molecule has 0 fully saturated rings. The Labute approximate surface area is 124 Å². The molecule has 2 rings (SSSR count). The van der Waals surface area contributed by atoms with E-state index in [1.807, 2.05) is 29.6 Å². The minimum absolute atomic E-state index is 0.0718. The summed E-state index contributed by atoms with van der Waals surface area (Å²) < 4.78 is 2.51. The average Bonchev–Trinajstić information content (AvgIpc) is 2.88. The van der Waals surface area contributed by atoms with Crippen LogP contribution in [-0.4, -0.2) is 27.4 Å². The van der Waals surface area contributed by atoms with Gasteiger partial charge in [-0.3, -0.25) is 0 Å². The normalized spacial score (nSPS) is 10.4. The number of amides is 1. The fourth-order valence-corrected chi connectivity index (χ4v) is 5.06. The van der Waals surface area contributed by atoms with Gasteiger partial charge >= 0.3 is 124 Å². The van der Waals surface area contributed by atoms with E-state index < -0.39 is 0 Å². The van der Waals surface area contributed by atoms with Gasteiger partial charge in [0.2, 0.25) is 0 Å². The first-order valence-corrected chi connectivity index (χ1v) is 8.99. The number of carbonyl (C=O) groups is 1. The van der Waals surface area contributed by atoms with Crippen molar-refractivity contribution in [2.45, 2.75) is 19.8 Å². The molecule has 1 aromatic heterocycles. The number of unbranched alkanes of at least 4 members (excludes halogenated alkanes) is 1. The Bertz CT molecular complexity index is 524. The van der Waals surface area contributed by atoms with Crippen molar-refractivity contribution in [1.82, 2.24) is 5.32 Å². The summed E-state index contributed by atoms with van der Waals surface area (Å²) in [7, 11) is 0. The zero-order valence-electron chi connectivity index (χ0n) is 10.9. The molecule has 2 nitrogen and oxygen atoms in total. The van der Waals surface area contributed by atoms with Crippen LogP contribution in [0, 0.1) is 0 Å². The van der Waals surface area contributed by atoms with E-state index in [9.17, 15) is 4.79 Å². The number of rotatable bonds is 6. The van der Waals surface area contributed by atoms with E-state index in [4.69, 9.17) is 0 Å². The third-order valence-electron chi connectivity index (χ3n) is 2.64. The average molecular weight is 338 g/mol. The van der Waals surface area contributed by atoms with Crippen LogP contribution in [0.2, 0.25) is 0 Å². The minimum atomic E-state index is 0.0718. The van der Waals surface area contributed by atoms with Gasteiger partial charge in [-0.2, -0.15) is 0 Å². The molecule has 1 amide bonds. The standard InChI is InChI=1S/C15H17NOSSe/c1-2-3-10-16-14(17)13-9-11-18-15(13)19-12-7-5-4-6-8-12/h4-9,11H,2-3,10H2,1H3,(H,16,17). The summed E-state index contributed by atoms with van der Waals surface area (Å²) in [4.78, 5) is 12.1. The number of hydrogen-bond donors (Lipinski definition) is 1. The van der Waals surface area contributed by atoms with Crippen LogP contribution in [0.3, 0.4) is 0 Å². The van der Waals surface area contributed by atoms with Gasteiger partial charge in [0, 0.05) is 0 Å². The molecule has 0 aliphatic heterocycles. The molecule has 2 aromatic rings. The topological polar surface area (TPSA) is 29.1 Å². The molecule has 1 N–H and O–H groups in total. The Hall–Kier alpha value is -1.09. The molecule has 0 aliphatic carbocycles. The fraction of sp³-hybridized carbons (Fsp3) is 0.267. The van der Waals surface area contributed by atoms with Gasteiger partial charge in [0.15, 0.2) is 0 Å².